The minimum Gasteiger partial charge on any atom is -0.449 e. The van der Waals surface area contributed by atoms with Crippen LogP contribution >= 0.6 is 0 Å². The van der Waals surface area contributed by atoms with Crippen LogP contribution < -0.4 is 21.3 Å². The zero-order valence-electron chi connectivity index (χ0n) is 21.4. The first-order valence-corrected chi connectivity index (χ1v) is 12.1. The Morgan fingerprint density at radius 2 is 1.73 bits per heavy atom. The molecule has 0 spiro atoms. The number of nitrogens with two attached hydrogens (primary N) is 1. The average Bonchev–Trinajstić information content (AvgIpc) is 3.23. The van der Waals surface area contributed by atoms with Gasteiger partial charge in [0.25, 0.3) is 0 Å². The molecule has 1 fully saturated rings. The molecular weight excluding hydrogens is 476 g/mol. The molecule has 3 aromatic rings. The Balaban J connectivity index is 1.45. The zero-order chi connectivity index (χ0) is 26.5. The second-order valence-corrected chi connectivity index (χ2v) is 8.93. The molecule has 4 rings (SSSR count). The highest BCUT2D eigenvalue weighted by Crippen LogP contribution is 2.24. The van der Waals surface area contributed by atoms with Crippen molar-refractivity contribution in [1.82, 2.24) is 29.6 Å². The summed E-state index contributed by atoms with van der Waals surface area (Å²) in [5, 5.41) is 10.2. The van der Waals surface area contributed by atoms with Crippen LogP contribution in [0.4, 0.5) is 33.9 Å². The lowest BCUT2D eigenvalue weighted by Crippen LogP contribution is -2.58. The number of carbonyl (C=O) groups is 2. The van der Waals surface area contributed by atoms with Gasteiger partial charge in [-0.15, -0.1) is 5.10 Å². The lowest BCUT2D eigenvalue weighted by atomic mass is 10.1. The number of aromatic nitrogens is 5. The molecule has 1 aromatic carbocycles. The van der Waals surface area contributed by atoms with Crippen molar-refractivity contribution in [3.8, 4) is 5.82 Å². The van der Waals surface area contributed by atoms with Gasteiger partial charge in [0.1, 0.15) is 12.1 Å². The van der Waals surface area contributed by atoms with Gasteiger partial charge in [0.05, 0.1) is 6.61 Å². The number of hydrogen-bond donors (Lipinski definition) is 3. The Kier molecular flexibility index (Phi) is 7.70. The predicted octanol–water partition coefficient (Wildman–Crippen LogP) is 2.79. The van der Waals surface area contributed by atoms with E-state index in [4.69, 9.17) is 10.5 Å². The van der Waals surface area contributed by atoms with Gasteiger partial charge in [0.2, 0.25) is 17.8 Å². The fourth-order valence-corrected chi connectivity index (χ4v) is 4.42. The number of nitrogens with one attached hydrogen (secondary N) is 2. The molecule has 13 nitrogen and oxygen atoms in total. The maximum atomic E-state index is 12.0. The van der Waals surface area contributed by atoms with Crippen molar-refractivity contribution in [3.63, 3.8) is 0 Å². The Bertz CT molecular complexity index is 1230. The standard InChI is InChI=1S/C24H32N10O3/c1-5-10-37-24(36)29-19-8-6-18(7-9-19)28-23-30-22(25)34(31-23)21-11-20(26-14-27-21)32-12-15(2)33(17(4)35)16(3)13-32/h6-9,11,14-16H,5,10,12-13H2,1-4H3,(H,29,36)(H3,25,28,30,31)/t15-,16+. The average molecular weight is 509 g/mol. The van der Waals surface area contributed by atoms with Gasteiger partial charge >= 0.3 is 6.09 Å². The van der Waals surface area contributed by atoms with E-state index < -0.39 is 6.09 Å². The van der Waals surface area contributed by atoms with Crippen molar-refractivity contribution in [3.05, 3.63) is 36.7 Å². The van der Waals surface area contributed by atoms with Crippen LogP contribution in [0.1, 0.15) is 34.1 Å². The van der Waals surface area contributed by atoms with Crippen molar-refractivity contribution in [2.24, 2.45) is 0 Å². The van der Waals surface area contributed by atoms with Crippen LogP contribution in [-0.4, -0.2) is 73.4 Å². The lowest BCUT2D eigenvalue weighted by Gasteiger charge is -2.44. The quantitative estimate of drug-likeness (QED) is 0.433. The van der Waals surface area contributed by atoms with E-state index in [0.717, 1.165) is 12.2 Å². The predicted molar refractivity (Wildman–Crippen MR) is 140 cm³/mol. The number of piperazine rings is 1. The van der Waals surface area contributed by atoms with E-state index in [1.807, 2.05) is 25.7 Å². The molecule has 1 aliphatic heterocycles. The third kappa shape index (κ3) is 6.05. The van der Waals surface area contributed by atoms with Gasteiger partial charge in [0, 0.05) is 49.5 Å². The van der Waals surface area contributed by atoms with Crippen molar-refractivity contribution in [1.29, 1.82) is 0 Å². The van der Waals surface area contributed by atoms with Crippen LogP contribution in [0.25, 0.3) is 5.82 Å². The highest BCUT2D eigenvalue weighted by atomic mass is 16.5. The van der Waals surface area contributed by atoms with Gasteiger partial charge in [-0.1, -0.05) is 6.92 Å². The monoisotopic (exact) mass is 508 g/mol. The number of hydrogen-bond acceptors (Lipinski definition) is 10. The second-order valence-electron chi connectivity index (χ2n) is 8.93. The summed E-state index contributed by atoms with van der Waals surface area (Å²) in [5.74, 6) is 1.71. The summed E-state index contributed by atoms with van der Waals surface area (Å²) in [7, 11) is 0. The third-order valence-electron chi connectivity index (χ3n) is 5.92. The first kappa shape index (κ1) is 25.7. The number of rotatable bonds is 7. The van der Waals surface area contributed by atoms with E-state index in [2.05, 4.69) is 35.6 Å². The van der Waals surface area contributed by atoms with E-state index in [9.17, 15) is 9.59 Å². The molecule has 2 aromatic heterocycles. The lowest BCUT2D eigenvalue weighted by molar-refractivity contribution is -0.133. The van der Waals surface area contributed by atoms with Gasteiger partial charge in [-0.25, -0.2) is 14.8 Å². The fraction of sp³-hybridized carbons (Fsp3) is 0.417. The van der Waals surface area contributed by atoms with Crippen molar-refractivity contribution in [2.75, 3.05) is 41.0 Å². The SMILES string of the molecule is CCCOC(=O)Nc1ccc(Nc2nc(N)n(-c3cc(N4C[C@@H](C)N(C(C)=O)[C@@H](C)C4)ncn3)n2)cc1. The molecule has 0 radical (unpaired) electrons. The molecule has 13 heteroatoms. The molecule has 1 saturated heterocycles. The van der Waals surface area contributed by atoms with Crippen LogP contribution in [0.3, 0.4) is 0 Å². The summed E-state index contributed by atoms with van der Waals surface area (Å²) in [6.07, 6.45) is 1.72. The summed E-state index contributed by atoms with van der Waals surface area (Å²) >= 11 is 0. The molecule has 196 valence electrons. The summed E-state index contributed by atoms with van der Waals surface area (Å²) in [4.78, 5) is 40.8. The first-order chi connectivity index (χ1) is 17.7. The molecule has 3 heterocycles. The van der Waals surface area contributed by atoms with Crippen LogP contribution in [0.5, 0.6) is 0 Å². The van der Waals surface area contributed by atoms with Gasteiger partial charge in [-0.3, -0.25) is 10.1 Å². The number of ether oxygens (including phenoxy) is 1. The number of carbonyl (C=O) groups excluding carboxylic acids is 2. The van der Waals surface area contributed by atoms with Crippen LogP contribution in [0.15, 0.2) is 36.7 Å². The molecule has 1 aliphatic rings. The van der Waals surface area contributed by atoms with E-state index >= 15 is 0 Å². The van der Waals surface area contributed by atoms with E-state index in [1.165, 1.54) is 11.0 Å². The Morgan fingerprint density at radius 3 is 2.38 bits per heavy atom. The van der Waals surface area contributed by atoms with Crippen molar-refractivity contribution >= 4 is 41.1 Å². The highest BCUT2D eigenvalue weighted by Gasteiger charge is 2.31. The summed E-state index contributed by atoms with van der Waals surface area (Å²) in [6, 6.07) is 8.93. The Hall–Kier alpha value is -4.42. The maximum Gasteiger partial charge on any atom is 0.411 e. The molecule has 0 saturated carbocycles. The Morgan fingerprint density at radius 1 is 1.08 bits per heavy atom. The van der Waals surface area contributed by atoms with Crippen LogP contribution in [0, 0.1) is 0 Å². The van der Waals surface area contributed by atoms with E-state index in [0.29, 0.717) is 36.9 Å². The molecule has 4 N–H and O–H groups in total. The van der Waals surface area contributed by atoms with Gasteiger partial charge in [-0.2, -0.15) is 9.67 Å². The van der Waals surface area contributed by atoms with Crippen LogP contribution in [0.2, 0.25) is 0 Å². The molecule has 0 unspecified atom stereocenters. The summed E-state index contributed by atoms with van der Waals surface area (Å²) in [5.41, 5.74) is 7.45. The third-order valence-corrected chi connectivity index (χ3v) is 5.92. The molecule has 0 bridgehead atoms. The minimum atomic E-state index is -0.496. The zero-order valence-corrected chi connectivity index (χ0v) is 21.4. The number of amides is 2. The van der Waals surface area contributed by atoms with Gasteiger partial charge in [0.15, 0.2) is 5.82 Å². The number of benzene rings is 1. The second kappa shape index (κ2) is 11.1. The smallest absolute Gasteiger partial charge is 0.411 e. The normalized spacial score (nSPS) is 17.4. The van der Waals surface area contributed by atoms with Gasteiger partial charge < -0.3 is 25.6 Å². The highest BCUT2D eigenvalue weighted by molar-refractivity contribution is 5.84. The maximum absolute atomic E-state index is 12.0. The first-order valence-electron chi connectivity index (χ1n) is 12.1. The topological polar surface area (TPSA) is 156 Å². The number of nitrogen functional groups attached to an aromatic ring is 1. The Labute approximate surface area is 215 Å². The molecule has 0 aliphatic carbocycles. The van der Waals surface area contributed by atoms with E-state index in [-0.39, 0.29) is 29.9 Å². The molecular formula is C24H32N10O3. The van der Waals surface area contributed by atoms with Crippen LogP contribution in [-0.2, 0) is 9.53 Å². The van der Waals surface area contributed by atoms with Crippen molar-refractivity contribution in [2.45, 2.75) is 46.2 Å². The van der Waals surface area contributed by atoms with Crippen molar-refractivity contribution < 1.29 is 14.3 Å². The van der Waals surface area contributed by atoms with Gasteiger partial charge in [-0.05, 0) is 44.5 Å². The largest absolute Gasteiger partial charge is 0.449 e. The van der Waals surface area contributed by atoms with E-state index in [1.54, 1.807) is 37.3 Å². The summed E-state index contributed by atoms with van der Waals surface area (Å²) < 4.78 is 6.46. The summed E-state index contributed by atoms with van der Waals surface area (Å²) in [6.45, 7) is 9.26. The molecule has 2 atom stereocenters. The number of nitrogens with zero attached hydrogens (tertiary/aromatic N) is 7. The molecule has 37 heavy (non-hydrogen) atoms. The minimum absolute atomic E-state index is 0.0514. The number of anilines is 5. The fourth-order valence-electron chi connectivity index (χ4n) is 4.42. The molecule has 2 amide bonds.